The molecule has 1 heterocycles. The van der Waals surface area contributed by atoms with Crippen molar-refractivity contribution < 1.29 is 0 Å². The quantitative estimate of drug-likeness (QED) is 0.882. The van der Waals surface area contributed by atoms with E-state index in [4.69, 9.17) is 17.1 Å². The van der Waals surface area contributed by atoms with Gasteiger partial charge in [0, 0.05) is 16.0 Å². The van der Waals surface area contributed by atoms with Crippen LogP contribution in [-0.4, -0.2) is 9.55 Å². The van der Waals surface area contributed by atoms with Gasteiger partial charge < -0.3 is 10.3 Å². The Morgan fingerprint density at radius 3 is 2.79 bits per heavy atom. The predicted octanol–water partition coefficient (Wildman–Crippen LogP) is 3.41. The third-order valence-electron chi connectivity index (χ3n) is 3.36. The van der Waals surface area contributed by atoms with Crippen molar-refractivity contribution in [3.63, 3.8) is 0 Å². The molecule has 0 spiro atoms. The molecule has 96 valence electrons. The molecule has 1 aliphatic rings. The van der Waals surface area contributed by atoms with Crippen molar-refractivity contribution in [2.24, 2.45) is 0 Å². The maximum atomic E-state index is 6.24. The van der Waals surface area contributed by atoms with Crippen molar-refractivity contribution >= 4 is 21.7 Å². The van der Waals surface area contributed by atoms with Crippen LogP contribution in [0.5, 0.6) is 0 Å². The number of nitrogens with two attached hydrogens (primary N) is 1. The molecule has 1 aliphatic carbocycles. The minimum atomic E-state index is 0.481. The van der Waals surface area contributed by atoms with Gasteiger partial charge in [0.2, 0.25) is 0 Å². The number of rotatable bonds is 3. The predicted molar refractivity (Wildman–Crippen MR) is 80.6 cm³/mol. The van der Waals surface area contributed by atoms with E-state index in [1.54, 1.807) is 0 Å². The van der Waals surface area contributed by atoms with Crippen molar-refractivity contribution in [2.45, 2.75) is 25.3 Å². The summed E-state index contributed by atoms with van der Waals surface area (Å²) in [5, 5.41) is 0. The number of benzene rings is 1. The molecule has 1 aromatic carbocycles. The summed E-state index contributed by atoms with van der Waals surface area (Å²) < 4.78 is 2.96. The molecule has 0 bridgehead atoms. The van der Waals surface area contributed by atoms with Gasteiger partial charge in [-0.2, -0.15) is 0 Å². The van der Waals surface area contributed by atoms with Crippen LogP contribution in [0.25, 0.3) is 11.3 Å². The molecular formula is C15H14BrN3. The van der Waals surface area contributed by atoms with Gasteiger partial charge in [0.1, 0.15) is 17.3 Å². The van der Waals surface area contributed by atoms with Gasteiger partial charge in [0.05, 0.1) is 6.54 Å². The third kappa shape index (κ3) is 2.15. The fourth-order valence-electron chi connectivity index (χ4n) is 2.25. The third-order valence-corrected chi connectivity index (χ3v) is 4.05. The first-order valence-electron chi connectivity index (χ1n) is 6.26. The van der Waals surface area contributed by atoms with Gasteiger partial charge in [-0.1, -0.05) is 40.0 Å². The number of nitrogen functional groups attached to an aromatic ring is 1. The van der Waals surface area contributed by atoms with Gasteiger partial charge in [-0.25, -0.2) is 4.98 Å². The number of aromatic nitrogens is 2. The maximum Gasteiger partial charge on any atom is 0.132 e. The minimum Gasteiger partial charge on any atom is -0.383 e. The minimum absolute atomic E-state index is 0.481. The largest absolute Gasteiger partial charge is 0.383 e. The standard InChI is InChI=1S/C15H14BrN3/c1-2-9-19-14(17)13(18-15(19)10-7-8-10)11-5-3-4-6-12(11)16/h1,3-6,10H,7-9,17H2. The molecule has 1 saturated carbocycles. The Morgan fingerprint density at radius 1 is 1.42 bits per heavy atom. The first kappa shape index (κ1) is 12.3. The highest BCUT2D eigenvalue weighted by molar-refractivity contribution is 9.10. The molecule has 0 radical (unpaired) electrons. The molecule has 0 aliphatic heterocycles. The summed E-state index contributed by atoms with van der Waals surface area (Å²) in [5.41, 5.74) is 8.08. The zero-order chi connectivity index (χ0) is 13.4. The van der Waals surface area contributed by atoms with E-state index in [2.05, 4.69) is 21.9 Å². The van der Waals surface area contributed by atoms with E-state index in [1.807, 2.05) is 28.8 Å². The second-order valence-electron chi connectivity index (χ2n) is 4.75. The number of imidazole rings is 1. The molecule has 1 fully saturated rings. The van der Waals surface area contributed by atoms with Gasteiger partial charge in [0.25, 0.3) is 0 Å². The van der Waals surface area contributed by atoms with Crippen molar-refractivity contribution in [1.29, 1.82) is 0 Å². The smallest absolute Gasteiger partial charge is 0.132 e. The second kappa shape index (κ2) is 4.75. The van der Waals surface area contributed by atoms with Crippen LogP contribution in [0.1, 0.15) is 24.6 Å². The van der Waals surface area contributed by atoms with E-state index < -0.39 is 0 Å². The molecule has 2 aromatic rings. The summed E-state index contributed by atoms with van der Waals surface area (Å²) in [6.07, 6.45) is 7.79. The number of nitrogens with zero attached hydrogens (tertiary/aromatic N) is 2. The van der Waals surface area contributed by atoms with Crippen molar-refractivity contribution in [2.75, 3.05) is 5.73 Å². The molecule has 3 nitrogen and oxygen atoms in total. The van der Waals surface area contributed by atoms with Crippen molar-refractivity contribution in [3.8, 4) is 23.6 Å². The lowest BCUT2D eigenvalue weighted by molar-refractivity contribution is 0.762. The van der Waals surface area contributed by atoms with Crippen LogP contribution in [0, 0.1) is 12.3 Å². The fourth-order valence-corrected chi connectivity index (χ4v) is 2.72. The zero-order valence-corrected chi connectivity index (χ0v) is 12.0. The number of anilines is 1. The summed E-state index contributed by atoms with van der Waals surface area (Å²) in [5.74, 6) is 4.87. The highest BCUT2D eigenvalue weighted by atomic mass is 79.9. The molecule has 0 amide bonds. The van der Waals surface area contributed by atoms with Gasteiger partial charge in [0.15, 0.2) is 0 Å². The fraction of sp³-hybridized carbons (Fsp3) is 0.267. The Kier molecular flexibility index (Phi) is 3.08. The molecule has 0 saturated heterocycles. The average molecular weight is 316 g/mol. The van der Waals surface area contributed by atoms with Crippen LogP contribution < -0.4 is 5.73 Å². The van der Waals surface area contributed by atoms with Crippen LogP contribution in [0.3, 0.4) is 0 Å². The van der Waals surface area contributed by atoms with Gasteiger partial charge in [-0.05, 0) is 18.9 Å². The van der Waals surface area contributed by atoms with Crippen LogP contribution in [0.4, 0.5) is 5.82 Å². The Balaban J connectivity index is 2.15. The Morgan fingerprint density at radius 2 is 2.16 bits per heavy atom. The highest BCUT2D eigenvalue weighted by Gasteiger charge is 2.31. The molecule has 0 atom stereocenters. The van der Waals surface area contributed by atoms with Crippen LogP contribution >= 0.6 is 15.9 Å². The summed E-state index contributed by atoms with van der Waals surface area (Å²) in [6.45, 7) is 0.481. The second-order valence-corrected chi connectivity index (χ2v) is 5.60. The van der Waals surface area contributed by atoms with E-state index in [-0.39, 0.29) is 0 Å². The van der Waals surface area contributed by atoms with E-state index >= 15 is 0 Å². The monoisotopic (exact) mass is 315 g/mol. The number of terminal acetylenes is 1. The Bertz CT molecular complexity index is 663. The van der Waals surface area contributed by atoms with Crippen LogP contribution in [0.2, 0.25) is 0 Å². The summed E-state index contributed by atoms with van der Waals surface area (Å²) in [4.78, 5) is 4.73. The highest BCUT2D eigenvalue weighted by Crippen LogP contribution is 2.42. The normalized spacial score (nSPS) is 14.3. The Labute approximate surface area is 121 Å². The summed E-state index contributed by atoms with van der Waals surface area (Å²) in [6, 6.07) is 7.96. The van der Waals surface area contributed by atoms with E-state index in [0.717, 1.165) is 21.6 Å². The van der Waals surface area contributed by atoms with Crippen molar-refractivity contribution in [1.82, 2.24) is 9.55 Å². The number of hydrogen-bond acceptors (Lipinski definition) is 2. The zero-order valence-electron chi connectivity index (χ0n) is 10.4. The van der Waals surface area contributed by atoms with E-state index in [9.17, 15) is 0 Å². The molecule has 4 heteroatoms. The molecular weight excluding hydrogens is 302 g/mol. The lowest BCUT2D eigenvalue weighted by atomic mass is 10.1. The number of hydrogen-bond donors (Lipinski definition) is 1. The van der Waals surface area contributed by atoms with Gasteiger partial charge in [-0.3, -0.25) is 0 Å². The first-order valence-corrected chi connectivity index (χ1v) is 7.06. The molecule has 1 aromatic heterocycles. The van der Waals surface area contributed by atoms with Crippen molar-refractivity contribution in [3.05, 3.63) is 34.6 Å². The lowest BCUT2D eigenvalue weighted by Gasteiger charge is -2.05. The topological polar surface area (TPSA) is 43.8 Å². The van der Waals surface area contributed by atoms with E-state index in [1.165, 1.54) is 12.8 Å². The van der Waals surface area contributed by atoms with E-state index in [0.29, 0.717) is 18.3 Å². The van der Waals surface area contributed by atoms with Crippen LogP contribution in [0.15, 0.2) is 28.7 Å². The molecule has 19 heavy (non-hydrogen) atoms. The SMILES string of the molecule is C#CCn1c(C2CC2)nc(-c2ccccc2Br)c1N. The summed E-state index contributed by atoms with van der Waals surface area (Å²) >= 11 is 3.55. The molecule has 0 unspecified atom stereocenters. The van der Waals surface area contributed by atoms with Gasteiger partial charge >= 0.3 is 0 Å². The first-order chi connectivity index (χ1) is 9.22. The Hall–Kier alpha value is -1.73. The van der Waals surface area contributed by atoms with Crippen LogP contribution in [-0.2, 0) is 6.54 Å². The average Bonchev–Trinajstić information content (AvgIpc) is 3.19. The molecule has 2 N–H and O–H groups in total. The number of halogens is 1. The molecule has 3 rings (SSSR count). The lowest BCUT2D eigenvalue weighted by Crippen LogP contribution is -2.05. The van der Waals surface area contributed by atoms with Gasteiger partial charge in [-0.15, -0.1) is 6.42 Å². The maximum absolute atomic E-state index is 6.24. The summed E-state index contributed by atoms with van der Waals surface area (Å²) in [7, 11) is 0.